The minimum Gasteiger partial charge on any atom is -0.491 e. The van der Waals surface area contributed by atoms with Crippen molar-refractivity contribution in [3.05, 3.63) is 66.7 Å². The summed E-state index contributed by atoms with van der Waals surface area (Å²) in [5, 5.41) is 2.87. The third-order valence-corrected chi connectivity index (χ3v) is 4.06. The second-order valence-corrected chi connectivity index (χ2v) is 6.05. The Morgan fingerprint density at radius 2 is 1.81 bits per heavy atom. The van der Waals surface area contributed by atoms with E-state index in [1.807, 2.05) is 24.3 Å². The summed E-state index contributed by atoms with van der Waals surface area (Å²) < 4.78 is 16.7. The number of benzene rings is 2. The zero-order chi connectivity index (χ0) is 18.2. The smallest absolute Gasteiger partial charge is 0.255 e. The molecule has 1 saturated heterocycles. The van der Waals surface area contributed by atoms with E-state index in [4.69, 9.17) is 14.2 Å². The molecule has 0 saturated carbocycles. The van der Waals surface area contributed by atoms with E-state index in [1.54, 1.807) is 30.3 Å². The highest BCUT2D eigenvalue weighted by atomic mass is 16.5. The number of anilines is 1. The molecule has 136 valence electrons. The Kier molecular flexibility index (Phi) is 6.28. The van der Waals surface area contributed by atoms with Crippen LogP contribution < -0.4 is 14.8 Å². The van der Waals surface area contributed by atoms with E-state index in [0.29, 0.717) is 30.2 Å². The first-order valence-corrected chi connectivity index (χ1v) is 8.74. The Morgan fingerprint density at radius 1 is 1.12 bits per heavy atom. The average molecular weight is 353 g/mol. The number of nitrogens with one attached hydrogen (secondary N) is 1. The molecule has 2 aromatic rings. The molecule has 5 heteroatoms. The molecule has 1 amide bonds. The number of hydrogen-bond donors (Lipinski definition) is 1. The fourth-order valence-electron chi connectivity index (χ4n) is 2.66. The normalized spacial score (nSPS) is 16.1. The van der Waals surface area contributed by atoms with Crippen LogP contribution >= 0.6 is 0 Å². The monoisotopic (exact) mass is 353 g/mol. The van der Waals surface area contributed by atoms with Gasteiger partial charge in [-0.1, -0.05) is 12.7 Å². The molecule has 5 nitrogen and oxygen atoms in total. The van der Waals surface area contributed by atoms with Gasteiger partial charge in [-0.05, 0) is 61.4 Å². The van der Waals surface area contributed by atoms with Crippen LogP contribution in [-0.2, 0) is 4.74 Å². The zero-order valence-electron chi connectivity index (χ0n) is 14.6. The van der Waals surface area contributed by atoms with Crippen LogP contribution in [0.4, 0.5) is 5.69 Å². The largest absolute Gasteiger partial charge is 0.491 e. The number of carbonyl (C=O) groups excluding carboxylic acids is 1. The van der Waals surface area contributed by atoms with Gasteiger partial charge in [-0.15, -0.1) is 0 Å². The molecule has 0 radical (unpaired) electrons. The Balaban J connectivity index is 1.51. The van der Waals surface area contributed by atoms with Crippen molar-refractivity contribution in [1.82, 2.24) is 0 Å². The maximum absolute atomic E-state index is 12.3. The van der Waals surface area contributed by atoms with Crippen LogP contribution in [0.3, 0.4) is 0 Å². The minimum absolute atomic E-state index is 0.173. The predicted octanol–water partition coefficient (Wildman–Crippen LogP) is 4.06. The predicted molar refractivity (Wildman–Crippen MR) is 101 cm³/mol. The van der Waals surface area contributed by atoms with Crippen LogP contribution in [-0.4, -0.2) is 31.8 Å². The first-order valence-electron chi connectivity index (χ1n) is 8.74. The number of amides is 1. The lowest BCUT2D eigenvalue weighted by Gasteiger charge is -2.12. The second kappa shape index (κ2) is 9.06. The van der Waals surface area contributed by atoms with E-state index < -0.39 is 0 Å². The van der Waals surface area contributed by atoms with E-state index in [-0.39, 0.29) is 12.0 Å². The van der Waals surface area contributed by atoms with Crippen molar-refractivity contribution in [2.45, 2.75) is 18.9 Å². The third kappa shape index (κ3) is 5.10. The highest BCUT2D eigenvalue weighted by Gasteiger charge is 2.16. The first-order chi connectivity index (χ1) is 12.7. The van der Waals surface area contributed by atoms with Gasteiger partial charge in [0.25, 0.3) is 5.91 Å². The summed E-state index contributed by atoms with van der Waals surface area (Å²) in [4.78, 5) is 12.3. The van der Waals surface area contributed by atoms with Gasteiger partial charge in [-0.3, -0.25) is 4.79 Å². The molecule has 1 N–H and O–H groups in total. The van der Waals surface area contributed by atoms with Crippen LogP contribution in [0, 0.1) is 0 Å². The number of carbonyl (C=O) groups is 1. The number of hydrogen-bond acceptors (Lipinski definition) is 4. The van der Waals surface area contributed by atoms with Crippen LogP contribution in [0.15, 0.2) is 61.2 Å². The molecular weight excluding hydrogens is 330 g/mol. The van der Waals surface area contributed by atoms with Crippen molar-refractivity contribution < 1.29 is 19.0 Å². The van der Waals surface area contributed by atoms with Gasteiger partial charge < -0.3 is 19.5 Å². The Labute approximate surface area is 153 Å². The quantitative estimate of drug-likeness (QED) is 0.727. The summed E-state index contributed by atoms with van der Waals surface area (Å²) in [6, 6.07) is 14.3. The van der Waals surface area contributed by atoms with Crippen molar-refractivity contribution in [3.63, 3.8) is 0 Å². The van der Waals surface area contributed by atoms with Crippen molar-refractivity contribution in [1.29, 1.82) is 0 Å². The summed E-state index contributed by atoms with van der Waals surface area (Å²) in [6.45, 7) is 5.42. The van der Waals surface area contributed by atoms with Gasteiger partial charge in [0, 0.05) is 17.9 Å². The Hall–Kier alpha value is -2.79. The first kappa shape index (κ1) is 18.0. The highest BCUT2D eigenvalue weighted by Crippen LogP contribution is 2.19. The molecular formula is C21H23NO4. The van der Waals surface area contributed by atoms with Crippen LogP contribution in [0.2, 0.25) is 0 Å². The second-order valence-electron chi connectivity index (χ2n) is 6.05. The molecule has 1 fully saturated rings. The molecule has 1 atom stereocenters. The van der Waals surface area contributed by atoms with Crippen molar-refractivity contribution in [2.24, 2.45) is 0 Å². The molecule has 26 heavy (non-hydrogen) atoms. The molecule has 1 heterocycles. The summed E-state index contributed by atoms with van der Waals surface area (Å²) in [6.07, 6.45) is 4.01. The van der Waals surface area contributed by atoms with Gasteiger partial charge in [0.1, 0.15) is 24.7 Å². The van der Waals surface area contributed by atoms with Gasteiger partial charge in [0.05, 0.1) is 6.10 Å². The summed E-state index contributed by atoms with van der Waals surface area (Å²) >= 11 is 0. The van der Waals surface area contributed by atoms with Crippen LogP contribution in [0.1, 0.15) is 23.2 Å². The maximum Gasteiger partial charge on any atom is 0.255 e. The zero-order valence-corrected chi connectivity index (χ0v) is 14.6. The number of ether oxygens (including phenoxy) is 3. The third-order valence-electron chi connectivity index (χ3n) is 4.06. The maximum atomic E-state index is 12.3. The van der Waals surface area contributed by atoms with Crippen molar-refractivity contribution in [2.75, 3.05) is 25.1 Å². The lowest BCUT2D eigenvalue weighted by atomic mass is 10.2. The molecule has 0 aromatic heterocycles. The molecule has 0 spiro atoms. The van der Waals surface area contributed by atoms with E-state index in [2.05, 4.69) is 11.9 Å². The van der Waals surface area contributed by atoms with Gasteiger partial charge in [-0.2, -0.15) is 0 Å². The molecule has 0 bridgehead atoms. The fraction of sp³-hybridized carbons (Fsp3) is 0.286. The van der Waals surface area contributed by atoms with E-state index in [1.165, 1.54) is 0 Å². The molecule has 0 unspecified atom stereocenters. The molecule has 2 aromatic carbocycles. The van der Waals surface area contributed by atoms with E-state index in [9.17, 15) is 4.79 Å². The van der Waals surface area contributed by atoms with Crippen molar-refractivity contribution in [3.8, 4) is 11.5 Å². The van der Waals surface area contributed by atoms with E-state index in [0.717, 1.165) is 25.2 Å². The summed E-state index contributed by atoms with van der Waals surface area (Å²) in [5.74, 6) is 1.30. The van der Waals surface area contributed by atoms with E-state index >= 15 is 0 Å². The Bertz CT molecular complexity index is 719. The van der Waals surface area contributed by atoms with Crippen LogP contribution in [0.25, 0.3) is 0 Å². The summed E-state index contributed by atoms with van der Waals surface area (Å²) in [5.41, 5.74) is 1.28. The lowest BCUT2D eigenvalue weighted by Crippen LogP contribution is -2.16. The van der Waals surface area contributed by atoms with Gasteiger partial charge in [0.2, 0.25) is 0 Å². The minimum atomic E-state index is -0.173. The van der Waals surface area contributed by atoms with Gasteiger partial charge in [0.15, 0.2) is 0 Å². The summed E-state index contributed by atoms with van der Waals surface area (Å²) in [7, 11) is 0. The van der Waals surface area contributed by atoms with Crippen LogP contribution in [0.5, 0.6) is 11.5 Å². The lowest BCUT2D eigenvalue weighted by molar-refractivity contribution is 0.0679. The number of rotatable bonds is 8. The molecule has 1 aliphatic rings. The SMILES string of the molecule is C=CCOc1ccc(C(=O)Nc2ccc(OC[C@H]3CCCO3)cc2)cc1. The van der Waals surface area contributed by atoms with Gasteiger partial charge >= 0.3 is 0 Å². The molecule has 3 rings (SSSR count). The standard InChI is InChI=1S/C21H23NO4/c1-2-13-24-18-9-5-16(6-10-18)21(23)22-17-7-11-19(12-8-17)26-15-20-4-3-14-25-20/h2,5-12,20H,1,3-4,13-15H2,(H,22,23)/t20-/m1/s1. The topological polar surface area (TPSA) is 56.8 Å². The highest BCUT2D eigenvalue weighted by molar-refractivity contribution is 6.04. The Morgan fingerprint density at radius 3 is 2.46 bits per heavy atom. The van der Waals surface area contributed by atoms with Gasteiger partial charge in [-0.25, -0.2) is 0 Å². The fourth-order valence-corrected chi connectivity index (χ4v) is 2.66. The molecule has 0 aliphatic carbocycles. The molecule has 1 aliphatic heterocycles. The average Bonchev–Trinajstić information content (AvgIpc) is 3.20. The van der Waals surface area contributed by atoms with Crippen molar-refractivity contribution >= 4 is 11.6 Å².